The monoisotopic (exact) mass is 364 g/mol. The van der Waals surface area contributed by atoms with Crippen LogP contribution in [-0.4, -0.2) is 62.2 Å². The lowest BCUT2D eigenvalue weighted by molar-refractivity contribution is -0.143. The molecule has 6 nitrogen and oxygen atoms in total. The lowest BCUT2D eigenvalue weighted by Crippen LogP contribution is -2.59. The van der Waals surface area contributed by atoms with Crippen molar-refractivity contribution in [2.45, 2.75) is 57.2 Å². The SMILES string of the molecule is CCC(=O)N1CCc2[nH]cnc2C12CCN(C(=O)CSC(C)C)CC2. The summed E-state index contributed by atoms with van der Waals surface area (Å²) in [5.41, 5.74) is 1.82. The summed E-state index contributed by atoms with van der Waals surface area (Å²) < 4.78 is 0. The Morgan fingerprint density at radius 2 is 2.00 bits per heavy atom. The van der Waals surface area contributed by atoms with Crippen molar-refractivity contribution in [3.63, 3.8) is 0 Å². The van der Waals surface area contributed by atoms with Crippen LogP contribution in [0.4, 0.5) is 0 Å². The van der Waals surface area contributed by atoms with E-state index in [1.165, 1.54) is 0 Å². The highest BCUT2D eigenvalue weighted by Crippen LogP contribution is 2.42. The molecule has 0 unspecified atom stereocenters. The van der Waals surface area contributed by atoms with Gasteiger partial charge in [-0.2, -0.15) is 0 Å². The van der Waals surface area contributed by atoms with E-state index in [0.717, 1.165) is 37.2 Å². The van der Waals surface area contributed by atoms with E-state index in [0.29, 0.717) is 30.5 Å². The van der Waals surface area contributed by atoms with E-state index < -0.39 is 0 Å². The molecule has 138 valence electrons. The second-order valence-corrected chi connectivity index (χ2v) is 8.72. The van der Waals surface area contributed by atoms with Crippen LogP contribution in [0, 0.1) is 0 Å². The van der Waals surface area contributed by atoms with Gasteiger partial charge in [0, 0.05) is 38.2 Å². The number of fused-ring (bicyclic) bond motifs is 2. The minimum atomic E-state index is -0.345. The van der Waals surface area contributed by atoms with Gasteiger partial charge in [-0.05, 0) is 18.1 Å². The molecular weight excluding hydrogens is 336 g/mol. The third kappa shape index (κ3) is 3.43. The molecule has 0 radical (unpaired) electrons. The summed E-state index contributed by atoms with van der Waals surface area (Å²) in [6.07, 6.45) is 4.62. The number of thioether (sulfide) groups is 1. The number of nitrogens with zero attached hydrogens (tertiary/aromatic N) is 3. The minimum absolute atomic E-state index is 0.184. The highest BCUT2D eigenvalue weighted by Gasteiger charge is 2.48. The van der Waals surface area contributed by atoms with E-state index in [4.69, 9.17) is 0 Å². The molecule has 0 bridgehead atoms. The number of hydrogen-bond donors (Lipinski definition) is 1. The summed E-state index contributed by atoms with van der Waals surface area (Å²) in [5, 5.41) is 0.461. The third-order valence-electron chi connectivity index (χ3n) is 5.35. The van der Waals surface area contributed by atoms with Crippen LogP contribution in [-0.2, 0) is 21.5 Å². The van der Waals surface area contributed by atoms with Crippen LogP contribution in [0.25, 0.3) is 0 Å². The molecule has 1 N–H and O–H groups in total. The molecule has 0 aliphatic carbocycles. The number of hydrogen-bond acceptors (Lipinski definition) is 4. The van der Waals surface area contributed by atoms with Gasteiger partial charge in [0.05, 0.1) is 23.3 Å². The highest BCUT2D eigenvalue weighted by atomic mass is 32.2. The number of aromatic nitrogens is 2. The second kappa shape index (κ2) is 7.40. The molecule has 2 aliphatic rings. The van der Waals surface area contributed by atoms with Crippen LogP contribution >= 0.6 is 11.8 Å². The van der Waals surface area contributed by atoms with E-state index in [-0.39, 0.29) is 17.4 Å². The van der Waals surface area contributed by atoms with Crippen LogP contribution in [0.5, 0.6) is 0 Å². The van der Waals surface area contributed by atoms with Crippen LogP contribution in [0.3, 0.4) is 0 Å². The summed E-state index contributed by atoms with van der Waals surface area (Å²) in [6, 6.07) is 0. The molecule has 3 rings (SSSR count). The zero-order valence-corrected chi connectivity index (χ0v) is 16.2. The molecule has 3 heterocycles. The predicted octanol–water partition coefficient (Wildman–Crippen LogP) is 2.16. The lowest BCUT2D eigenvalue weighted by Gasteiger charge is -2.50. The van der Waals surface area contributed by atoms with Crippen LogP contribution in [0.2, 0.25) is 0 Å². The van der Waals surface area contributed by atoms with Crippen molar-refractivity contribution >= 4 is 23.6 Å². The van der Waals surface area contributed by atoms with Crippen LogP contribution < -0.4 is 0 Å². The fourth-order valence-corrected chi connectivity index (χ4v) is 4.65. The zero-order valence-electron chi connectivity index (χ0n) is 15.4. The van der Waals surface area contributed by atoms with E-state index >= 15 is 0 Å². The highest BCUT2D eigenvalue weighted by molar-refractivity contribution is 8.00. The van der Waals surface area contributed by atoms with Gasteiger partial charge in [-0.25, -0.2) is 4.98 Å². The number of piperidine rings is 1. The van der Waals surface area contributed by atoms with E-state index in [1.54, 1.807) is 18.1 Å². The van der Waals surface area contributed by atoms with Gasteiger partial charge < -0.3 is 14.8 Å². The first-order valence-corrected chi connectivity index (χ1v) is 10.3. The Bertz CT molecular complexity index is 635. The zero-order chi connectivity index (χ0) is 18.0. The first-order chi connectivity index (χ1) is 12.0. The maximum absolute atomic E-state index is 12.6. The second-order valence-electron chi connectivity index (χ2n) is 7.15. The van der Waals surface area contributed by atoms with Crippen molar-refractivity contribution in [3.05, 3.63) is 17.7 Å². The Labute approximate surface area is 153 Å². The molecule has 1 spiro atoms. The van der Waals surface area contributed by atoms with Crippen molar-refractivity contribution in [1.29, 1.82) is 0 Å². The maximum Gasteiger partial charge on any atom is 0.232 e. The summed E-state index contributed by atoms with van der Waals surface area (Å²) in [6.45, 7) is 8.25. The molecule has 0 aromatic carbocycles. The van der Waals surface area contributed by atoms with Gasteiger partial charge in [-0.15, -0.1) is 11.8 Å². The van der Waals surface area contributed by atoms with Crippen LogP contribution in [0.15, 0.2) is 6.33 Å². The molecule has 25 heavy (non-hydrogen) atoms. The molecule has 1 aromatic rings. The van der Waals surface area contributed by atoms with Crippen LogP contribution in [0.1, 0.15) is 51.4 Å². The summed E-state index contributed by atoms with van der Waals surface area (Å²) >= 11 is 1.69. The van der Waals surface area contributed by atoms with Gasteiger partial charge in [-0.1, -0.05) is 20.8 Å². The Hall–Kier alpha value is -1.50. The predicted molar refractivity (Wildman–Crippen MR) is 99.4 cm³/mol. The number of amides is 2. The third-order valence-corrected chi connectivity index (χ3v) is 6.43. The quantitative estimate of drug-likeness (QED) is 0.889. The van der Waals surface area contributed by atoms with Gasteiger partial charge >= 0.3 is 0 Å². The number of rotatable bonds is 4. The molecular formula is C18H28N4O2S. The first-order valence-electron chi connectivity index (χ1n) is 9.20. The van der Waals surface area contributed by atoms with Crippen molar-refractivity contribution < 1.29 is 9.59 Å². The number of carbonyl (C=O) groups excluding carboxylic acids is 2. The van der Waals surface area contributed by atoms with Crippen molar-refractivity contribution in [1.82, 2.24) is 19.8 Å². The normalized spacial score (nSPS) is 19.4. The molecule has 2 amide bonds. The van der Waals surface area contributed by atoms with Crippen molar-refractivity contribution in [2.75, 3.05) is 25.4 Å². The van der Waals surface area contributed by atoms with E-state index in [9.17, 15) is 9.59 Å². The Morgan fingerprint density at radius 3 is 2.64 bits per heavy atom. The average Bonchev–Trinajstić information content (AvgIpc) is 3.10. The number of carbonyl (C=O) groups is 2. The van der Waals surface area contributed by atoms with Gasteiger partial charge in [-0.3, -0.25) is 9.59 Å². The largest absolute Gasteiger partial charge is 0.348 e. The van der Waals surface area contributed by atoms with Gasteiger partial charge in [0.2, 0.25) is 11.8 Å². The molecule has 1 fully saturated rings. The fraction of sp³-hybridized carbons (Fsp3) is 0.722. The fourth-order valence-electron chi connectivity index (χ4n) is 3.99. The Kier molecular flexibility index (Phi) is 5.41. The number of nitrogens with one attached hydrogen (secondary N) is 1. The summed E-state index contributed by atoms with van der Waals surface area (Å²) in [5.74, 6) is 0.930. The molecule has 0 saturated carbocycles. The Balaban J connectivity index is 1.77. The minimum Gasteiger partial charge on any atom is -0.348 e. The molecule has 0 atom stereocenters. The molecule has 7 heteroatoms. The number of aromatic amines is 1. The van der Waals surface area contributed by atoms with Gasteiger partial charge in [0.25, 0.3) is 0 Å². The van der Waals surface area contributed by atoms with Gasteiger partial charge in [0.15, 0.2) is 0 Å². The smallest absolute Gasteiger partial charge is 0.232 e. The topological polar surface area (TPSA) is 69.3 Å². The molecule has 1 saturated heterocycles. The van der Waals surface area contributed by atoms with Crippen molar-refractivity contribution in [3.8, 4) is 0 Å². The first kappa shape index (κ1) is 18.3. The average molecular weight is 365 g/mol. The molecule has 2 aliphatic heterocycles. The Morgan fingerprint density at radius 1 is 1.28 bits per heavy atom. The van der Waals surface area contributed by atoms with E-state index in [1.807, 2.05) is 16.7 Å². The number of likely N-dealkylation sites (tertiary alicyclic amines) is 1. The molecule has 1 aromatic heterocycles. The van der Waals surface area contributed by atoms with Crippen molar-refractivity contribution in [2.24, 2.45) is 0 Å². The summed E-state index contributed by atoms with van der Waals surface area (Å²) in [7, 11) is 0. The number of H-pyrrole nitrogens is 1. The van der Waals surface area contributed by atoms with E-state index in [2.05, 4.69) is 23.8 Å². The number of imidazole rings is 1. The lowest BCUT2D eigenvalue weighted by atomic mass is 9.78. The maximum atomic E-state index is 12.6. The summed E-state index contributed by atoms with van der Waals surface area (Å²) in [4.78, 5) is 36.8. The van der Waals surface area contributed by atoms with Gasteiger partial charge in [0.1, 0.15) is 0 Å². The standard InChI is InChI=1S/C18H28N4O2S/c1-4-15(23)22-8-5-14-17(20-12-19-14)18(22)6-9-21(10-7-18)16(24)11-25-13(2)3/h12-13H,4-11H2,1-3H3,(H,19,20).